The molecule has 2 saturated heterocycles. The molecule has 2 aliphatic heterocycles. The predicted octanol–water partition coefficient (Wildman–Crippen LogP) is 6.96. The summed E-state index contributed by atoms with van der Waals surface area (Å²) in [4.78, 5) is 33.4. The fourth-order valence-corrected chi connectivity index (χ4v) is 7.04. The third-order valence-corrected chi connectivity index (χ3v) is 9.98. The molecule has 2 aliphatic rings. The molecule has 0 bridgehead atoms. The number of carbonyl (C=O) groups is 2. The average Bonchev–Trinajstić information content (AvgIpc) is 3.15. The van der Waals surface area contributed by atoms with Crippen LogP contribution in [0, 0.1) is 25.2 Å². The van der Waals surface area contributed by atoms with Gasteiger partial charge in [-0.15, -0.1) is 0 Å². The van der Waals surface area contributed by atoms with Crippen LogP contribution in [0.4, 0.5) is 0 Å². The van der Waals surface area contributed by atoms with E-state index in [0.29, 0.717) is 73.5 Å². The standard InChI is InChI=1S/C40H41ClN4O6/c1-26-30(7-5-8-32(26)33-9-6-10-34(27(33)2)39(46)44-13-15-49-16-14-44)25-51-38-19-37(50-24-29-17-28(20-42)21-43-22-29)31(18-35(38)41)23-45-12-4-3-11-36(45)40(47)48/h5-10,17-19,21-22,36H,3-4,11-16,23-25H2,1-2H3,(H,47,48). The number of halogens is 1. The summed E-state index contributed by atoms with van der Waals surface area (Å²) < 4.78 is 18.1. The summed E-state index contributed by atoms with van der Waals surface area (Å²) in [5.74, 6) is 0.102. The molecular weight excluding hydrogens is 668 g/mol. The van der Waals surface area contributed by atoms with Gasteiger partial charge in [-0.05, 0) is 79.3 Å². The minimum Gasteiger partial charge on any atom is -0.488 e. The Hall–Kier alpha value is -4.95. The molecule has 0 saturated carbocycles. The van der Waals surface area contributed by atoms with Gasteiger partial charge in [0.1, 0.15) is 36.8 Å². The van der Waals surface area contributed by atoms with E-state index >= 15 is 0 Å². The van der Waals surface area contributed by atoms with E-state index in [0.717, 1.165) is 51.8 Å². The number of nitriles is 1. The van der Waals surface area contributed by atoms with Crippen molar-refractivity contribution in [3.63, 3.8) is 0 Å². The van der Waals surface area contributed by atoms with Gasteiger partial charge in [0.25, 0.3) is 5.91 Å². The molecule has 1 unspecified atom stereocenters. The second-order valence-electron chi connectivity index (χ2n) is 13.0. The summed E-state index contributed by atoms with van der Waals surface area (Å²) in [6.07, 6.45) is 5.49. The number of benzene rings is 3. The normalized spacial score (nSPS) is 16.4. The number of ether oxygens (including phenoxy) is 3. The minimum absolute atomic E-state index is 0.0127. The van der Waals surface area contributed by atoms with E-state index in [4.69, 9.17) is 25.8 Å². The number of pyridine rings is 1. The second kappa shape index (κ2) is 16.4. The van der Waals surface area contributed by atoms with Crippen molar-refractivity contribution in [2.24, 2.45) is 0 Å². The van der Waals surface area contributed by atoms with Crippen LogP contribution in [-0.2, 0) is 29.3 Å². The molecule has 1 aromatic heterocycles. The molecule has 264 valence electrons. The summed E-state index contributed by atoms with van der Waals surface area (Å²) in [6, 6.07) is 18.7. The molecule has 3 heterocycles. The number of piperidine rings is 1. The molecule has 2 fully saturated rings. The summed E-state index contributed by atoms with van der Waals surface area (Å²) in [6.45, 7) is 7.66. The molecule has 1 atom stereocenters. The lowest BCUT2D eigenvalue weighted by molar-refractivity contribution is -0.144. The zero-order valence-corrected chi connectivity index (χ0v) is 29.6. The van der Waals surface area contributed by atoms with Crippen molar-refractivity contribution in [2.75, 3.05) is 32.8 Å². The highest BCUT2D eigenvalue weighted by molar-refractivity contribution is 6.32. The zero-order valence-electron chi connectivity index (χ0n) is 28.9. The zero-order chi connectivity index (χ0) is 35.9. The Labute approximate surface area is 303 Å². The SMILES string of the molecule is Cc1c(COc2cc(OCc3cncc(C#N)c3)c(CN3CCCCC3C(=O)O)cc2Cl)cccc1-c1cccc(C(=O)N2CCOCC2)c1C. The Kier molecular flexibility index (Phi) is 11.5. The van der Waals surface area contributed by atoms with Crippen molar-refractivity contribution in [1.29, 1.82) is 5.26 Å². The third kappa shape index (κ3) is 8.34. The number of nitrogens with zero attached hydrogens (tertiary/aromatic N) is 4. The average molecular weight is 709 g/mol. The van der Waals surface area contributed by atoms with E-state index in [1.165, 1.54) is 6.20 Å². The molecule has 1 N–H and O–H groups in total. The lowest BCUT2D eigenvalue weighted by atomic mass is 9.91. The second-order valence-corrected chi connectivity index (χ2v) is 13.4. The largest absolute Gasteiger partial charge is 0.488 e. The number of hydrogen-bond acceptors (Lipinski definition) is 8. The first-order valence-electron chi connectivity index (χ1n) is 17.2. The highest BCUT2D eigenvalue weighted by Gasteiger charge is 2.29. The number of morpholine rings is 1. The smallest absolute Gasteiger partial charge is 0.320 e. The van der Waals surface area contributed by atoms with E-state index < -0.39 is 12.0 Å². The number of aliphatic carboxylic acids is 1. The first kappa shape index (κ1) is 35.9. The highest BCUT2D eigenvalue weighted by Crippen LogP contribution is 2.37. The Bertz CT molecular complexity index is 1950. The Balaban J connectivity index is 1.25. The molecule has 0 spiro atoms. The van der Waals surface area contributed by atoms with Gasteiger partial charge in [0.05, 0.1) is 23.8 Å². The van der Waals surface area contributed by atoms with Crippen LogP contribution in [-0.4, -0.2) is 70.7 Å². The van der Waals surface area contributed by atoms with Gasteiger partial charge < -0.3 is 24.2 Å². The van der Waals surface area contributed by atoms with Gasteiger partial charge in [-0.25, -0.2) is 0 Å². The summed E-state index contributed by atoms with van der Waals surface area (Å²) >= 11 is 6.83. The van der Waals surface area contributed by atoms with Crippen molar-refractivity contribution in [3.05, 3.63) is 111 Å². The highest BCUT2D eigenvalue weighted by atomic mass is 35.5. The van der Waals surface area contributed by atoms with Crippen LogP contribution in [0.25, 0.3) is 11.1 Å². The van der Waals surface area contributed by atoms with E-state index in [1.54, 1.807) is 24.4 Å². The molecule has 10 nitrogen and oxygen atoms in total. The van der Waals surface area contributed by atoms with Crippen molar-refractivity contribution in [3.8, 4) is 28.7 Å². The Morgan fingerprint density at radius 2 is 1.69 bits per heavy atom. The van der Waals surface area contributed by atoms with Gasteiger partial charge >= 0.3 is 5.97 Å². The van der Waals surface area contributed by atoms with Gasteiger partial charge in [-0.3, -0.25) is 19.5 Å². The van der Waals surface area contributed by atoms with Crippen LogP contribution >= 0.6 is 11.6 Å². The van der Waals surface area contributed by atoms with E-state index in [2.05, 4.69) is 17.1 Å². The van der Waals surface area contributed by atoms with Gasteiger partial charge in [0.2, 0.25) is 0 Å². The summed E-state index contributed by atoms with van der Waals surface area (Å²) in [7, 11) is 0. The molecule has 51 heavy (non-hydrogen) atoms. The third-order valence-electron chi connectivity index (χ3n) is 9.69. The van der Waals surface area contributed by atoms with Crippen LogP contribution < -0.4 is 9.47 Å². The van der Waals surface area contributed by atoms with Crippen LogP contribution in [0.1, 0.15) is 63.0 Å². The molecular formula is C40H41ClN4O6. The van der Waals surface area contributed by atoms with Gasteiger partial charge in [0.15, 0.2) is 0 Å². The van der Waals surface area contributed by atoms with Gasteiger partial charge in [-0.1, -0.05) is 48.4 Å². The van der Waals surface area contributed by atoms with Gasteiger partial charge in [-0.2, -0.15) is 5.26 Å². The summed E-state index contributed by atoms with van der Waals surface area (Å²) in [5.41, 5.74) is 7.47. The van der Waals surface area contributed by atoms with Crippen molar-refractivity contribution >= 4 is 23.5 Å². The molecule has 11 heteroatoms. The maximum absolute atomic E-state index is 13.4. The number of carboxylic acids is 1. The summed E-state index contributed by atoms with van der Waals surface area (Å²) in [5, 5.41) is 19.6. The Morgan fingerprint density at radius 1 is 0.941 bits per heavy atom. The number of carbonyl (C=O) groups excluding carboxylic acids is 1. The van der Waals surface area contributed by atoms with Crippen LogP contribution in [0.15, 0.2) is 67.0 Å². The number of likely N-dealkylation sites (tertiary alicyclic amines) is 1. The lowest BCUT2D eigenvalue weighted by Gasteiger charge is -2.33. The van der Waals surface area contributed by atoms with Gasteiger partial charge in [0, 0.05) is 54.8 Å². The van der Waals surface area contributed by atoms with Crippen LogP contribution in [0.5, 0.6) is 11.5 Å². The fourth-order valence-electron chi connectivity index (χ4n) is 6.79. The molecule has 0 radical (unpaired) electrons. The minimum atomic E-state index is -0.842. The molecule has 0 aliphatic carbocycles. The van der Waals surface area contributed by atoms with Crippen molar-refractivity contribution in [2.45, 2.75) is 58.9 Å². The van der Waals surface area contributed by atoms with E-state index in [1.807, 2.05) is 54.0 Å². The topological polar surface area (TPSA) is 125 Å². The van der Waals surface area contributed by atoms with Crippen LogP contribution in [0.3, 0.4) is 0 Å². The first-order chi connectivity index (χ1) is 24.7. The molecule has 6 rings (SSSR count). The predicted molar refractivity (Wildman–Crippen MR) is 193 cm³/mol. The molecule has 3 aromatic carbocycles. The monoisotopic (exact) mass is 708 g/mol. The Morgan fingerprint density at radius 3 is 2.45 bits per heavy atom. The van der Waals surface area contributed by atoms with E-state index in [-0.39, 0.29) is 19.1 Å². The number of hydrogen-bond donors (Lipinski definition) is 1. The number of rotatable bonds is 11. The maximum Gasteiger partial charge on any atom is 0.320 e. The quantitative estimate of drug-likeness (QED) is 0.176. The maximum atomic E-state index is 13.4. The van der Waals surface area contributed by atoms with E-state index in [9.17, 15) is 20.0 Å². The van der Waals surface area contributed by atoms with Crippen molar-refractivity contribution < 1.29 is 28.9 Å². The molecule has 1 amide bonds. The van der Waals surface area contributed by atoms with Crippen LogP contribution in [0.2, 0.25) is 5.02 Å². The number of aromatic nitrogens is 1. The number of amides is 1. The lowest BCUT2D eigenvalue weighted by Crippen LogP contribution is -2.44. The molecule has 4 aromatic rings. The first-order valence-corrected chi connectivity index (χ1v) is 17.6. The number of carboxylic acid groups (broad SMARTS) is 1. The fraction of sp³-hybridized carbons (Fsp3) is 0.350. The van der Waals surface area contributed by atoms with Crippen molar-refractivity contribution in [1.82, 2.24) is 14.8 Å².